The van der Waals surface area contributed by atoms with Crippen LogP contribution in [0.1, 0.15) is 44.9 Å². The molecule has 1 aliphatic carbocycles. The van der Waals surface area contributed by atoms with Crippen molar-refractivity contribution in [3.05, 3.63) is 0 Å². The van der Waals surface area contributed by atoms with Gasteiger partial charge in [0, 0.05) is 31.2 Å². The van der Waals surface area contributed by atoms with E-state index in [0.29, 0.717) is 5.41 Å². The highest BCUT2D eigenvalue weighted by molar-refractivity contribution is 4.92. The van der Waals surface area contributed by atoms with Gasteiger partial charge in [-0.25, -0.2) is 0 Å². The lowest BCUT2D eigenvalue weighted by Crippen LogP contribution is -2.45. The number of hydrogen-bond acceptors (Lipinski definition) is 3. The van der Waals surface area contributed by atoms with Gasteiger partial charge in [-0.2, -0.15) is 0 Å². The van der Waals surface area contributed by atoms with Gasteiger partial charge in [-0.05, 0) is 45.2 Å². The monoisotopic (exact) mass is 252 g/mol. The summed E-state index contributed by atoms with van der Waals surface area (Å²) in [6.07, 6.45) is 9.69. The smallest absolute Gasteiger partial charge is 0.0547 e. The number of nitrogens with zero attached hydrogens (tertiary/aromatic N) is 1. The molecule has 18 heavy (non-hydrogen) atoms. The van der Waals surface area contributed by atoms with Crippen LogP contribution in [0.5, 0.6) is 0 Å². The summed E-state index contributed by atoms with van der Waals surface area (Å²) in [4.78, 5) is 2.70. The Hall–Kier alpha value is -0.120. The molecule has 3 fully saturated rings. The van der Waals surface area contributed by atoms with E-state index in [1.807, 2.05) is 0 Å². The van der Waals surface area contributed by atoms with Crippen molar-refractivity contribution in [2.45, 2.75) is 51.0 Å². The molecule has 0 bridgehead atoms. The van der Waals surface area contributed by atoms with Crippen molar-refractivity contribution in [1.82, 2.24) is 10.2 Å². The molecule has 0 aromatic carbocycles. The molecule has 0 amide bonds. The predicted molar refractivity (Wildman–Crippen MR) is 73.8 cm³/mol. The Bertz CT molecular complexity index is 251. The van der Waals surface area contributed by atoms with E-state index >= 15 is 0 Å². The molecule has 3 aliphatic rings. The molecular weight excluding hydrogens is 224 g/mol. The second-order valence-electron chi connectivity index (χ2n) is 6.65. The van der Waals surface area contributed by atoms with Gasteiger partial charge >= 0.3 is 0 Å². The van der Waals surface area contributed by atoms with Crippen molar-refractivity contribution in [3.63, 3.8) is 0 Å². The van der Waals surface area contributed by atoms with Gasteiger partial charge in [0.05, 0.1) is 6.61 Å². The van der Waals surface area contributed by atoms with E-state index in [2.05, 4.69) is 10.2 Å². The maximum absolute atomic E-state index is 5.72. The quantitative estimate of drug-likeness (QED) is 0.810. The van der Waals surface area contributed by atoms with Gasteiger partial charge in [-0.3, -0.25) is 0 Å². The fourth-order valence-electron chi connectivity index (χ4n) is 3.39. The molecule has 0 spiro atoms. The number of likely N-dealkylation sites (tertiary alicyclic amines) is 1. The summed E-state index contributed by atoms with van der Waals surface area (Å²) in [5.41, 5.74) is 0.410. The lowest BCUT2D eigenvalue weighted by Gasteiger charge is -2.34. The zero-order valence-electron chi connectivity index (χ0n) is 11.6. The first-order valence-electron chi connectivity index (χ1n) is 7.90. The first-order valence-corrected chi connectivity index (χ1v) is 7.90. The zero-order chi connectivity index (χ0) is 12.3. The molecule has 3 rings (SSSR count). The molecule has 1 saturated carbocycles. The Kier molecular flexibility index (Phi) is 4.22. The third kappa shape index (κ3) is 3.46. The van der Waals surface area contributed by atoms with Crippen LogP contribution in [0.3, 0.4) is 0 Å². The van der Waals surface area contributed by atoms with Crippen molar-refractivity contribution in [1.29, 1.82) is 0 Å². The van der Waals surface area contributed by atoms with E-state index in [4.69, 9.17) is 4.74 Å². The van der Waals surface area contributed by atoms with Crippen LogP contribution in [0.25, 0.3) is 0 Å². The minimum atomic E-state index is 0.410. The largest absolute Gasteiger partial charge is 0.381 e. The summed E-state index contributed by atoms with van der Waals surface area (Å²) in [6, 6.07) is 0.826. The second kappa shape index (κ2) is 5.89. The maximum atomic E-state index is 5.72. The highest BCUT2D eigenvalue weighted by atomic mass is 16.5. The molecule has 1 unspecified atom stereocenters. The Morgan fingerprint density at radius 1 is 1.11 bits per heavy atom. The number of hydrogen-bond donors (Lipinski definition) is 1. The maximum Gasteiger partial charge on any atom is 0.0547 e. The van der Waals surface area contributed by atoms with Crippen molar-refractivity contribution in [3.8, 4) is 0 Å². The molecular formula is C15H28N2O. The molecule has 3 heteroatoms. The molecule has 0 aromatic heterocycles. The number of rotatable bonds is 5. The molecule has 1 atom stereocenters. The lowest BCUT2D eigenvalue weighted by atomic mass is 9.86. The summed E-state index contributed by atoms with van der Waals surface area (Å²) in [5, 5.41) is 3.74. The Labute approximate surface area is 111 Å². The number of nitrogens with one attached hydrogen (secondary N) is 1. The van der Waals surface area contributed by atoms with Crippen LogP contribution in [-0.2, 0) is 4.74 Å². The van der Waals surface area contributed by atoms with E-state index in [0.717, 1.165) is 19.3 Å². The molecule has 0 aromatic rings. The van der Waals surface area contributed by atoms with Gasteiger partial charge in [-0.1, -0.05) is 12.8 Å². The van der Waals surface area contributed by atoms with E-state index in [9.17, 15) is 0 Å². The average Bonchev–Trinajstić information content (AvgIpc) is 3.14. The summed E-state index contributed by atoms with van der Waals surface area (Å²) >= 11 is 0. The van der Waals surface area contributed by atoms with Crippen LogP contribution in [0, 0.1) is 5.41 Å². The van der Waals surface area contributed by atoms with Crippen LogP contribution >= 0.6 is 0 Å². The van der Waals surface area contributed by atoms with E-state index in [1.54, 1.807) is 0 Å². The Balaban J connectivity index is 1.53. The zero-order valence-corrected chi connectivity index (χ0v) is 11.6. The minimum absolute atomic E-state index is 0.410. The standard InChI is InChI=1S/C15H28N2O/c1-2-4-9-17(8-3-1)12-15(7-10-18-13-15)11-16-14-5-6-14/h14,16H,1-13H2. The molecule has 1 N–H and O–H groups in total. The summed E-state index contributed by atoms with van der Waals surface area (Å²) in [5.74, 6) is 0. The van der Waals surface area contributed by atoms with Gasteiger partial charge in [-0.15, -0.1) is 0 Å². The van der Waals surface area contributed by atoms with Crippen molar-refractivity contribution < 1.29 is 4.74 Å². The third-order valence-electron chi connectivity index (χ3n) is 4.79. The first kappa shape index (κ1) is 12.9. The first-order chi connectivity index (χ1) is 8.86. The van der Waals surface area contributed by atoms with E-state index in [-0.39, 0.29) is 0 Å². The Morgan fingerprint density at radius 2 is 1.89 bits per heavy atom. The molecule has 2 saturated heterocycles. The van der Waals surface area contributed by atoms with Crippen molar-refractivity contribution in [2.24, 2.45) is 5.41 Å². The summed E-state index contributed by atoms with van der Waals surface area (Å²) in [6.45, 7) is 7.00. The fraction of sp³-hybridized carbons (Fsp3) is 1.00. The molecule has 104 valence electrons. The van der Waals surface area contributed by atoms with Crippen molar-refractivity contribution in [2.75, 3.05) is 39.4 Å². The average molecular weight is 252 g/mol. The SMILES string of the molecule is C1CCCN(CC2(CNC3CC3)CCOC2)CC1. The van der Waals surface area contributed by atoms with Crippen LogP contribution in [0.4, 0.5) is 0 Å². The van der Waals surface area contributed by atoms with Gasteiger partial charge in [0.2, 0.25) is 0 Å². The van der Waals surface area contributed by atoms with Gasteiger partial charge in [0.25, 0.3) is 0 Å². The van der Waals surface area contributed by atoms with E-state index < -0.39 is 0 Å². The van der Waals surface area contributed by atoms with Gasteiger partial charge in [0.15, 0.2) is 0 Å². The number of ether oxygens (including phenoxy) is 1. The lowest BCUT2D eigenvalue weighted by molar-refractivity contribution is 0.109. The normalized spacial score (nSPS) is 34.7. The predicted octanol–water partition coefficient (Wildman–Crippen LogP) is 2.02. The van der Waals surface area contributed by atoms with Crippen LogP contribution < -0.4 is 5.32 Å². The topological polar surface area (TPSA) is 24.5 Å². The van der Waals surface area contributed by atoms with Gasteiger partial charge in [0.1, 0.15) is 0 Å². The van der Waals surface area contributed by atoms with E-state index in [1.165, 1.54) is 71.1 Å². The van der Waals surface area contributed by atoms with Crippen LogP contribution in [-0.4, -0.2) is 50.3 Å². The third-order valence-corrected chi connectivity index (χ3v) is 4.79. The molecule has 2 heterocycles. The fourth-order valence-corrected chi connectivity index (χ4v) is 3.39. The molecule has 0 radical (unpaired) electrons. The summed E-state index contributed by atoms with van der Waals surface area (Å²) in [7, 11) is 0. The second-order valence-corrected chi connectivity index (χ2v) is 6.65. The summed E-state index contributed by atoms with van der Waals surface area (Å²) < 4.78 is 5.72. The highest BCUT2D eigenvalue weighted by Crippen LogP contribution is 2.31. The molecule has 2 aliphatic heterocycles. The van der Waals surface area contributed by atoms with Crippen LogP contribution in [0.2, 0.25) is 0 Å². The van der Waals surface area contributed by atoms with Crippen LogP contribution in [0.15, 0.2) is 0 Å². The van der Waals surface area contributed by atoms with Crippen molar-refractivity contribution >= 4 is 0 Å². The van der Waals surface area contributed by atoms with Gasteiger partial charge < -0.3 is 15.0 Å². The Morgan fingerprint density at radius 3 is 2.50 bits per heavy atom. The molecule has 3 nitrogen and oxygen atoms in total. The minimum Gasteiger partial charge on any atom is -0.381 e. The highest BCUT2D eigenvalue weighted by Gasteiger charge is 2.38.